The lowest BCUT2D eigenvalue weighted by atomic mass is 10.1. The number of aliphatic imine (C=N–C) groups is 2. The Morgan fingerprint density at radius 1 is 1.22 bits per heavy atom. The summed E-state index contributed by atoms with van der Waals surface area (Å²) in [5.74, 6) is 0.461. The maximum Gasteiger partial charge on any atom is 0.194 e. The van der Waals surface area contributed by atoms with E-state index in [1.807, 2.05) is 25.1 Å². The van der Waals surface area contributed by atoms with Gasteiger partial charge >= 0.3 is 0 Å². The van der Waals surface area contributed by atoms with E-state index in [1.54, 1.807) is 7.05 Å². The third kappa shape index (κ3) is 5.92. The number of hydrogen-bond acceptors (Lipinski definition) is 3. The minimum Gasteiger partial charge on any atom is -0.396 e. The van der Waals surface area contributed by atoms with Gasteiger partial charge in [-0.2, -0.15) is 0 Å². The van der Waals surface area contributed by atoms with Gasteiger partial charge in [0.15, 0.2) is 8.32 Å². The van der Waals surface area contributed by atoms with Gasteiger partial charge in [-0.25, -0.2) is 4.99 Å². The van der Waals surface area contributed by atoms with Crippen LogP contribution in [0.15, 0.2) is 40.3 Å². The molecule has 0 aliphatic carbocycles. The van der Waals surface area contributed by atoms with Crippen molar-refractivity contribution < 1.29 is 4.43 Å². The van der Waals surface area contributed by atoms with Gasteiger partial charge in [0.25, 0.3) is 0 Å². The lowest BCUT2D eigenvalue weighted by molar-refractivity contribution is 0.209. The Balaban J connectivity index is 2.81. The average molecular weight is 334 g/mol. The van der Waals surface area contributed by atoms with E-state index in [1.165, 1.54) is 5.56 Å². The molecule has 1 rings (SSSR count). The Kier molecular flexibility index (Phi) is 6.71. The third-order valence-electron chi connectivity index (χ3n) is 4.37. The smallest absolute Gasteiger partial charge is 0.194 e. The van der Waals surface area contributed by atoms with Gasteiger partial charge in [0.2, 0.25) is 0 Å². The molecule has 0 aliphatic rings. The molecule has 0 heterocycles. The molecule has 4 nitrogen and oxygen atoms in total. The van der Waals surface area contributed by atoms with Crippen LogP contribution in [0.3, 0.4) is 0 Å². The lowest BCUT2D eigenvalue weighted by Crippen LogP contribution is -2.43. The Morgan fingerprint density at radius 2 is 1.78 bits per heavy atom. The zero-order valence-electron chi connectivity index (χ0n) is 15.6. The zero-order valence-corrected chi connectivity index (χ0v) is 16.6. The van der Waals surface area contributed by atoms with E-state index in [0.29, 0.717) is 12.3 Å². The first-order valence-corrected chi connectivity index (χ1v) is 11.0. The van der Waals surface area contributed by atoms with Crippen molar-refractivity contribution in [1.82, 2.24) is 0 Å². The summed E-state index contributed by atoms with van der Waals surface area (Å²) in [7, 11) is -0.106. The molecule has 0 radical (unpaired) electrons. The summed E-state index contributed by atoms with van der Waals surface area (Å²) in [4.78, 5) is 8.82. The summed E-state index contributed by atoms with van der Waals surface area (Å²) < 4.78 is 6.23. The molecule has 1 aromatic carbocycles. The van der Waals surface area contributed by atoms with E-state index < -0.39 is 8.32 Å². The monoisotopic (exact) mass is 333 g/mol. The van der Waals surface area contributed by atoms with Crippen molar-refractivity contribution in [3.8, 4) is 0 Å². The minimum absolute atomic E-state index is 0.150. The number of rotatable bonds is 6. The van der Waals surface area contributed by atoms with Gasteiger partial charge in [0.05, 0.1) is 5.71 Å². The Labute approximate surface area is 142 Å². The van der Waals surface area contributed by atoms with Gasteiger partial charge in [0, 0.05) is 13.5 Å². The molecule has 128 valence electrons. The van der Waals surface area contributed by atoms with Gasteiger partial charge in [-0.05, 0) is 30.6 Å². The van der Waals surface area contributed by atoms with Crippen molar-refractivity contribution in [2.24, 2.45) is 15.7 Å². The molecule has 0 saturated heterocycles. The van der Waals surface area contributed by atoms with Crippen LogP contribution in [-0.4, -0.2) is 33.1 Å². The van der Waals surface area contributed by atoms with Crippen molar-refractivity contribution in [2.45, 2.75) is 58.5 Å². The number of nitrogens with two attached hydrogens (primary N) is 1. The van der Waals surface area contributed by atoms with E-state index >= 15 is 0 Å². The second kappa shape index (κ2) is 7.88. The molecule has 1 unspecified atom stereocenters. The highest BCUT2D eigenvalue weighted by Gasteiger charge is 2.38. The second-order valence-corrected chi connectivity index (χ2v) is 12.1. The average Bonchev–Trinajstić information content (AvgIpc) is 2.43. The zero-order chi connectivity index (χ0) is 17.7. The van der Waals surface area contributed by atoms with Crippen LogP contribution in [0.25, 0.3) is 0 Å². The largest absolute Gasteiger partial charge is 0.396 e. The van der Waals surface area contributed by atoms with Gasteiger partial charge in [-0.3, -0.25) is 4.99 Å². The molecule has 2 N–H and O–H groups in total. The predicted molar refractivity (Wildman–Crippen MR) is 103 cm³/mol. The van der Waals surface area contributed by atoms with Crippen LogP contribution in [-0.2, 0) is 10.8 Å². The fraction of sp³-hybridized carbons (Fsp3) is 0.556. The number of hydrogen-bond donors (Lipinski definition) is 1. The normalized spacial score (nSPS) is 15.6. The first-order valence-electron chi connectivity index (χ1n) is 8.08. The molecule has 0 spiro atoms. The molecule has 23 heavy (non-hydrogen) atoms. The molecule has 0 aromatic heterocycles. The van der Waals surface area contributed by atoms with Crippen molar-refractivity contribution in [3.63, 3.8) is 0 Å². The molecule has 5 heteroatoms. The van der Waals surface area contributed by atoms with Crippen molar-refractivity contribution in [3.05, 3.63) is 35.9 Å². The highest BCUT2D eigenvalue weighted by atomic mass is 28.4. The Morgan fingerprint density at radius 3 is 2.26 bits per heavy atom. The fourth-order valence-electron chi connectivity index (χ4n) is 1.97. The number of amidine groups is 1. The summed E-state index contributed by atoms with van der Waals surface area (Å²) in [6.07, 6.45) is 0.419. The van der Waals surface area contributed by atoms with Crippen LogP contribution < -0.4 is 5.73 Å². The third-order valence-corrected chi connectivity index (χ3v) is 8.91. The first-order chi connectivity index (χ1) is 10.6. The van der Waals surface area contributed by atoms with Crippen LogP contribution in [0.2, 0.25) is 18.1 Å². The molecule has 0 fully saturated rings. The maximum atomic E-state index is 6.23. The van der Waals surface area contributed by atoms with Crippen molar-refractivity contribution in [2.75, 3.05) is 7.05 Å². The van der Waals surface area contributed by atoms with Crippen LogP contribution in [0.4, 0.5) is 0 Å². The van der Waals surface area contributed by atoms with Crippen molar-refractivity contribution in [1.29, 1.82) is 0 Å². The molecule has 0 amide bonds. The van der Waals surface area contributed by atoms with Gasteiger partial charge in [0.1, 0.15) is 12.1 Å². The van der Waals surface area contributed by atoms with E-state index in [4.69, 9.17) is 10.2 Å². The summed E-state index contributed by atoms with van der Waals surface area (Å²) >= 11 is 0. The minimum atomic E-state index is -1.86. The Bertz CT molecular complexity index is 559. The first kappa shape index (κ1) is 19.6. The molecular weight excluding hydrogens is 302 g/mol. The molecule has 0 aliphatic heterocycles. The van der Waals surface area contributed by atoms with E-state index in [2.05, 4.69) is 56.0 Å². The highest BCUT2D eigenvalue weighted by molar-refractivity contribution is 6.74. The summed E-state index contributed by atoms with van der Waals surface area (Å²) in [6.45, 7) is 13.0. The van der Waals surface area contributed by atoms with E-state index in [9.17, 15) is 0 Å². The molecule has 1 atom stereocenters. The number of benzene rings is 1. The topological polar surface area (TPSA) is 60.0 Å². The highest BCUT2D eigenvalue weighted by Crippen LogP contribution is 2.37. The molecule has 0 saturated carbocycles. The lowest BCUT2D eigenvalue weighted by Gasteiger charge is -2.37. The van der Waals surface area contributed by atoms with Gasteiger partial charge in [-0.1, -0.05) is 51.1 Å². The van der Waals surface area contributed by atoms with Gasteiger partial charge in [-0.15, -0.1) is 0 Å². The van der Waals surface area contributed by atoms with Crippen LogP contribution >= 0.6 is 0 Å². The summed E-state index contributed by atoms with van der Waals surface area (Å²) in [6, 6.07) is 10.2. The van der Waals surface area contributed by atoms with Crippen LogP contribution in [0, 0.1) is 0 Å². The quantitative estimate of drug-likeness (QED) is 0.485. The van der Waals surface area contributed by atoms with E-state index in [-0.39, 0.29) is 11.3 Å². The number of nitrogens with zero attached hydrogens (tertiary/aromatic N) is 2. The summed E-state index contributed by atoms with van der Waals surface area (Å²) in [5.41, 5.74) is 8.12. The van der Waals surface area contributed by atoms with Crippen molar-refractivity contribution >= 4 is 19.9 Å². The fourth-order valence-corrected chi connectivity index (χ4v) is 3.23. The second-order valence-electron chi connectivity index (χ2n) is 7.32. The summed E-state index contributed by atoms with van der Waals surface area (Å²) in [5, 5.41) is 0.150. The van der Waals surface area contributed by atoms with Crippen LogP contribution in [0.1, 0.15) is 33.3 Å². The molecule has 1 aromatic rings. The predicted octanol–water partition coefficient (Wildman–Crippen LogP) is 4.02. The van der Waals surface area contributed by atoms with Gasteiger partial charge < -0.3 is 10.2 Å². The Hall–Kier alpha value is -1.46. The van der Waals surface area contributed by atoms with E-state index in [0.717, 1.165) is 5.71 Å². The SMILES string of the molecule is C/N=C(Cc1ccccc1)\C(N)=N/C(C)O[Si](C)(C)C(C)(C)C. The standard InChI is InChI=1S/C18H31N3OSi/c1-14(22-23(6,7)18(2,3)4)21-17(19)16(20-5)13-15-11-9-8-10-12-15/h8-12,14H,13H2,1-7H3,(H2,19,21)/b20-16-. The molecule has 0 bridgehead atoms. The molecular formula is C18H31N3OSi. The maximum absolute atomic E-state index is 6.23. The van der Waals surface area contributed by atoms with Crippen LogP contribution in [0.5, 0.6) is 0 Å².